The van der Waals surface area contributed by atoms with Gasteiger partial charge in [0.1, 0.15) is 0 Å². The second-order valence-corrected chi connectivity index (χ2v) is 2.66. The van der Waals surface area contributed by atoms with Gasteiger partial charge in [-0.25, -0.2) is 5.32 Å². The Balaban J connectivity index is 2.13. The molecule has 2 rings (SSSR count). The van der Waals surface area contributed by atoms with Crippen LogP contribution in [-0.4, -0.2) is 19.3 Å². The topological polar surface area (TPSA) is 26.1 Å². The quantitative estimate of drug-likeness (QED) is 0.478. The Morgan fingerprint density at radius 3 is 3.50 bits per heavy atom. The molecule has 1 fully saturated rings. The van der Waals surface area contributed by atoms with Gasteiger partial charge in [0.2, 0.25) is 0 Å². The first-order valence-electron chi connectivity index (χ1n) is 3.70. The van der Waals surface area contributed by atoms with E-state index >= 15 is 0 Å². The second kappa shape index (κ2) is 2.56. The maximum absolute atomic E-state index is 4.39. The Morgan fingerprint density at radius 2 is 2.60 bits per heavy atom. The zero-order valence-electron chi connectivity index (χ0n) is 5.88. The van der Waals surface area contributed by atoms with Crippen LogP contribution in [0.15, 0.2) is 23.8 Å². The lowest BCUT2D eigenvalue weighted by Gasteiger charge is -2.25. The van der Waals surface area contributed by atoms with Gasteiger partial charge in [0.15, 0.2) is 0 Å². The van der Waals surface area contributed by atoms with Gasteiger partial charge in [-0.3, -0.25) is 5.32 Å². The number of fused-ring (bicyclic) bond motifs is 1. The molecule has 0 saturated carbocycles. The van der Waals surface area contributed by atoms with Gasteiger partial charge in [-0.05, 0) is 12.0 Å². The first kappa shape index (κ1) is 6.13. The monoisotopic (exact) mass is 135 g/mol. The van der Waals surface area contributed by atoms with Gasteiger partial charge in [-0.2, -0.15) is 0 Å². The molecule has 1 saturated heterocycles. The molecule has 2 aliphatic rings. The Hall–Kier alpha value is -0.600. The van der Waals surface area contributed by atoms with Crippen LogP contribution in [0.25, 0.3) is 0 Å². The third-order valence-electron chi connectivity index (χ3n) is 1.94. The highest BCUT2D eigenvalue weighted by Crippen LogP contribution is 2.13. The summed E-state index contributed by atoms with van der Waals surface area (Å²) in [6.07, 6.45) is 7.72. The van der Waals surface area contributed by atoms with E-state index in [1.165, 1.54) is 5.57 Å². The zero-order valence-corrected chi connectivity index (χ0v) is 5.88. The smallest absolute Gasteiger partial charge is 0.0664 e. The summed E-state index contributed by atoms with van der Waals surface area (Å²) in [7, 11) is 0. The van der Waals surface area contributed by atoms with Gasteiger partial charge in [0.25, 0.3) is 0 Å². The van der Waals surface area contributed by atoms with Crippen LogP contribution in [0.4, 0.5) is 0 Å². The largest absolute Gasteiger partial charge is 0.299 e. The van der Waals surface area contributed by atoms with Crippen LogP contribution in [-0.2, 0) is 0 Å². The molecular weight excluding hydrogens is 124 g/mol. The molecule has 1 atom stereocenters. The molecule has 1 unspecified atom stereocenters. The van der Waals surface area contributed by atoms with Crippen molar-refractivity contribution in [1.82, 2.24) is 10.6 Å². The number of nitrogens with zero attached hydrogens (tertiary/aromatic N) is 1. The Labute approximate surface area is 61.0 Å². The van der Waals surface area contributed by atoms with E-state index in [-0.39, 0.29) is 0 Å². The van der Waals surface area contributed by atoms with Crippen LogP contribution in [0.3, 0.4) is 0 Å². The molecule has 1 aliphatic heterocycles. The van der Waals surface area contributed by atoms with Crippen molar-refractivity contribution in [1.29, 1.82) is 0 Å². The van der Waals surface area contributed by atoms with E-state index in [2.05, 4.69) is 28.9 Å². The Bertz CT molecular complexity index is 182. The SMILES string of the molecule is C1=CC2[N]CNCC2=CC1. The van der Waals surface area contributed by atoms with Crippen molar-refractivity contribution in [2.45, 2.75) is 12.5 Å². The lowest BCUT2D eigenvalue weighted by atomic mass is 9.99. The van der Waals surface area contributed by atoms with Crippen LogP contribution in [0.1, 0.15) is 6.42 Å². The highest BCUT2D eigenvalue weighted by atomic mass is 15.1. The van der Waals surface area contributed by atoms with E-state index in [0.29, 0.717) is 6.04 Å². The lowest BCUT2D eigenvalue weighted by molar-refractivity contribution is 0.502. The van der Waals surface area contributed by atoms with Gasteiger partial charge in [-0.15, -0.1) is 0 Å². The molecule has 0 aromatic rings. The molecule has 2 nitrogen and oxygen atoms in total. The standard InChI is InChI=1S/C8H11N2/c1-2-4-8-7(3-1)5-9-6-10-8/h2-4,8-9H,1,5-6H2. The lowest BCUT2D eigenvalue weighted by Crippen LogP contribution is -2.41. The number of nitrogens with one attached hydrogen (secondary N) is 1. The summed E-state index contributed by atoms with van der Waals surface area (Å²) >= 11 is 0. The van der Waals surface area contributed by atoms with E-state index < -0.39 is 0 Å². The molecule has 0 bridgehead atoms. The highest BCUT2D eigenvalue weighted by Gasteiger charge is 2.16. The van der Waals surface area contributed by atoms with Crippen molar-refractivity contribution in [3.05, 3.63) is 23.8 Å². The Kier molecular flexibility index (Phi) is 1.57. The minimum absolute atomic E-state index is 0.398. The summed E-state index contributed by atoms with van der Waals surface area (Å²) in [6, 6.07) is 0.398. The molecule has 1 radical (unpaired) electrons. The fourth-order valence-electron chi connectivity index (χ4n) is 1.39. The predicted octanol–water partition coefficient (Wildman–Crippen LogP) is 0.406. The third kappa shape index (κ3) is 1.00. The molecule has 0 amide bonds. The van der Waals surface area contributed by atoms with Crippen molar-refractivity contribution in [3.8, 4) is 0 Å². The van der Waals surface area contributed by atoms with Crippen LogP contribution in [0.2, 0.25) is 0 Å². The number of allylic oxidation sites excluding steroid dienone is 2. The average molecular weight is 135 g/mol. The van der Waals surface area contributed by atoms with Gasteiger partial charge in [0.05, 0.1) is 12.7 Å². The summed E-state index contributed by atoms with van der Waals surface area (Å²) < 4.78 is 0. The molecule has 1 aliphatic carbocycles. The number of hydrogen-bond donors (Lipinski definition) is 1. The van der Waals surface area contributed by atoms with Crippen LogP contribution in [0, 0.1) is 0 Å². The zero-order chi connectivity index (χ0) is 6.81. The minimum Gasteiger partial charge on any atom is -0.299 e. The van der Waals surface area contributed by atoms with Gasteiger partial charge in [0, 0.05) is 6.54 Å². The van der Waals surface area contributed by atoms with Crippen molar-refractivity contribution in [2.24, 2.45) is 0 Å². The maximum Gasteiger partial charge on any atom is 0.0664 e. The molecule has 0 aromatic heterocycles. The van der Waals surface area contributed by atoms with Gasteiger partial charge < -0.3 is 0 Å². The minimum atomic E-state index is 0.398. The summed E-state index contributed by atoms with van der Waals surface area (Å²) in [6.45, 7) is 1.84. The summed E-state index contributed by atoms with van der Waals surface area (Å²) in [4.78, 5) is 0. The van der Waals surface area contributed by atoms with Crippen molar-refractivity contribution < 1.29 is 0 Å². The van der Waals surface area contributed by atoms with Gasteiger partial charge >= 0.3 is 0 Å². The predicted molar refractivity (Wildman–Crippen MR) is 40.6 cm³/mol. The summed E-state index contributed by atoms with van der Waals surface area (Å²) in [5, 5.41) is 7.60. The second-order valence-electron chi connectivity index (χ2n) is 2.66. The van der Waals surface area contributed by atoms with Crippen LogP contribution < -0.4 is 10.6 Å². The molecule has 2 heteroatoms. The summed E-state index contributed by atoms with van der Waals surface area (Å²) in [5.41, 5.74) is 1.44. The maximum atomic E-state index is 4.39. The average Bonchev–Trinajstić information content (AvgIpc) is 2.05. The van der Waals surface area contributed by atoms with Crippen molar-refractivity contribution >= 4 is 0 Å². The van der Waals surface area contributed by atoms with Gasteiger partial charge in [-0.1, -0.05) is 18.2 Å². The Morgan fingerprint density at radius 1 is 1.60 bits per heavy atom. The van der Waals surface area contributed by atoms with Crippen LogP contribution >= 0.6 is 0 Å². The highest BCUT2D eigenvalue weighted by molar-refractivity contribution is 5.26. The number of hydrogen-bond acceptors (Lipinski definition) is 1. The first-order valence-corrected chi connectivity index (χ1v) is 3.70. The van der Waals surface area contributed by atoms with Crippen LogP contribution in [0.5, 0.6) is 0 Å². The van der Waals surface area contributed by atoms with Crippen molar-refractivity contribution in [3.63, 3.8) is 0 Å². The third-order valence-corrected chi connectivity index (χ3v) is 1.94. The fraction of sp³-hybridized carbons (Fsp3) is 0.500. The molecule has 0 aromatic carbocycles. The molecule has 53 valence electrons. The number of rotatable bonds is 0. The molecule has 0 spiro atoms. The summed E-state index contributed by atoms with van der Waals surface area (Å²) in [5.74, 6) is 0. The molecular formula is C8H11N2. The molecule has 1 heterocycles. The van der Waals surface area contributed by atoms with Crippen molar-refractivity contribution in [2.75, 3.05) is 13.2 Å². The van der Waals surface area contributed by atoms with E-state index in [1.54, 1.807) is 0 Å². The van der Waals surface area contributed by atoms with E-state index in [4.69, 9.17) is 0 Å². The van der Waals surface area contributed by atoms with E-state index in [1.807, 2.05) is 0 Å². The fourth-order valence-corrected chi connectivity index (χ4v) is 1.39. The van der Waals surface area contributed by atoms with E-state index in [9.17, 15) is 0 Å². The molecule has 10 heavy (non-hydrogen) atoms. The molecule has 1 N–H and O–H groups in total. The normalized spacial score (nSPS) is 31.2. The van der Waals surface area contributed by atoms with E-state index in [0.717, 1.165) is 19.6 Å². The first-order chi connectivity index (χ1) is 4.97.